The molecule has 9 heteroatoms. The first kappa shape index (κ1) is 20.6. The lowest BCUT2D eigenvalue weighted by molar-refractivity contribution is 0.0693. The predicted octanol–water partition coefficient (Wildman–Crippen LogP) is 3.02. The van der Waals surface area contributed by atoms with Gasteiger partial charge in [0.15, 0.2) is 0 Å². The molecule has 0 radical (unpaired) electrons. The summed E-state index contributed by atoms with van der Waals surface area (Å²) in [5.74, 6) is -0.374. The van der Waals surface area contributed by atoms with E-state index < -0.39 is 15.8 Å². The minimum atomic E-state index is -3.81. The van der Waals surface area contributed by atoms with E-state index in [1.807, 2.05) is 6.92 Å². The lowest BCUT2D eigenvalue weighted by Crippen LogP contribution is -2.50. The van der Waals surface area contributed by atoms with Crippen molar-refractivity contribution < 1.29 is 22.3 Å². The van der Waals surface area contributed by atoms with Crippen LogP contribution in [0.25, 0.3) is 0 Å². The molecular weight excluding hydrogens is 407 g/mol. The Hall–Kier alpha value is -2.16. The second-order valence-electron chi connectivity index (χ2n) is 6.20. The van der Waals surface area contributed by atoms with E-state index in [0.717, 1.165) is 12.1 Å². The molecule has 0 aliphatic carbocycles. The SMILES string of the molecule is CCOc1ccccc1C(=O)N1CCN(S(=O)(=O)c2ccc(F)c(Cl)c2)CC1. The number of carbonyl (C=O) groups excluding carboxylic acids is 1. The number of hydrogen-bond donors (Lipinski definition) is 0. The van der Waals surface area contributed by atoms with Crippen LogP contribution in [0, 0.1) is 5.82 Å². The molecule has 1 saturated heterocycles. The van der Waals surface area contributed by atoms with Crippen LogP contribution in [0.3, 0.4) is 0 Å². The molecule has 0 N–H and O–H groups in total. The third-order valence-electron chi connectivity index (χ3n) is 4.47. The maximum Gasteiger partial charge on any atom is 0.257 e. The topological polar surface area (TPSA) is 66.9 Å². The van der Waals surface area contributed by atoms with Crippen LogP contribution in [0.5, 0.6) is 5.75 Å². The molecule has 0 atom stereocenters. The van der Waals surface area contributed by atoms with Crippen LogP contribution < -0.4 is 4.74 Å². The fourth-order valence-electron chi connectivity index (χ4n) is 3.01. The largest absolute Gasteiger partial charge is 0.493 e. The highest BCUT2D eigenvalue weighted by Crippen LogP contribution is 2.25. The monoisotopic (exact) mass is 426 g/mol. The van der Waals surface area contributed by atoms with Gasteiger partial charge in [0.25, 0.3) is 5.91 Å². The Morgan fingerprint density at radius 3 is 2.46 bits per heavy atom. The third-order valence-corrected chi connectivity index (χ3v) is 6.66. The van der Waals surface area contributed by atoms with Gasteiger partial charge in [-0.2, -0.15) is 4.31 Å². The summed E-state index contributed by atoms with van der Waals surface area (Å²) >= 11 is 5.71. The number of halogens is 2. The molecular formula is C19H20ClFN2O4S. The molecule has 2 aromatic rings. The highest BCUT2D eigenvalue weighted by Gasteiger charge is 2.31. The Labute approximate surface area is 168 Å². The second kappa shape index (κ2) is 8.46. The van der Waals surface area contributed by atoms with E-state index in [2.05, 4.69) is 0 Å². The Morgan fingerprint density at radius 2 is 1.82 bits per heavy atom. The number of ether oxygens (including phenoxy) is 1. The molecule has 150 valence electrons. The molecule has 28 heavy (non-hydrogen) atoms. The van der Waals surface area contributed by atoms with Gasteiger partial charge < -0.3 is 9.64 Å². The van der Waals surface area contributed by atoms with E-state index in [-0.39, 0.29) is 42.0 Å². The van der Waals surface area contributed by atoms with Gasteiger partial charge in [0.05, 0.1) is 22.1 Å². The first-order chi connectivity index (χ1) is 13.3. The molecule has 0 unspecified atom stereocenters. The number of amides is 1. The average molecular weight is 427 g/mol. The molecule has 2 aromatic carbocycles. The standard InChI is InChI=1S/C19H20ClFN2O4S/c1-2-27-18-6-4-3-5-15(18)19(24)22-9-11-23(12-10-22)28(25,26)14-7-8-17(21)16(20)13-14/h3-8,13H,2,9-12H2,1H3. The van der Waals surface area contributed by atoms with Gasteiger partial charge in [0.1, 0.15) is 11.6 Å². The van der Waals surface area contributed by atoms with E-state index in [9.17, 15) is 17.6 Å². The maximum absolute atomic E-state index is 13.3. The maximum atomic E-state index is 13.3. The van der Waals surface area contributed by atoms with Crippen molar-refractivity contribution in [2.24, 2.45) is 0 Å². The number of sulfonamides is 1. The van der Waals surface area contributed by atoms with Crippen molar-refractivity contribution in [1.82, 2.24) is 9.21 Å². The zero-order chi connectivity index (χ0) is 20.3. The summed E-state index contributed by atoms with van der Waals surface area (Å²) in [7, 11) is -3.81. The summed E-state index contributed by atoms with van der Waals surface area (Å²) in [6.07, 6.45) is 0. The predicted molar refractivity (Wildman–Crippen MR) is 104 cm³/mol. The lowest BCUT2D eigenvalue weighted by atomic mass is 10.1. The Kier molecular flexibility index (Phi) is 6.22. The van der Waals surface area contributed by atoms with Crippen LogP contribution in [0.2, 0.25) is 5.02 Å². The first-order valence-electron chi connectivity index (χ1n) is 8.81. The minimum Gasteiger partial charge on any atom is -0.493 e. The van der Waals surface area contributed by atoms with Crippen molar-refractivity contribution in [3.8, 4) is 5.75 Å². The van der Waals surface area contributed by atoms with E-state index in [1.54, 1.807) is 29.2 Å². The van der Waals surface area contributed by atoms with Crippen molar-refractivity contribution >= 4 is 27.5 Å². The van der Waals surface area contributed by atoms with Crippen LogP contribution in [0.4, 0.5) is 4.39 Å². The highest BCUT2D eigenvalue weighted by atomic mass is 35.5. The van der Waals surface area contributed by atoms with Gasteiger partial charge in [0, 0.05) is 26.2 Å². The summed E-state index contributed by atoms with van der Waals surface area (Å²) in [5.41, 5.74) is 0.450. The molecule has 0 saturated carbocycles. The van der Waals surface area contributed by atoms with Gasteiger partial charge in [-0.3, -0.25) is 4.79 Å². The van der Waals surface area contributed by atoms with Crippen LogP contribution in [-0.4, -0.2) is 56.3 Å². The molecule has 1 aliphatic heterocycles. The first-order valence-corrected chi connectivity index (χ1v) is 10.6. The quantitative estimate of drug-likeness (QED) is 0.737. The Morgan fingerprint density at radius 1 is 1.14 bits per heavy atom. The number of nitrogens with zero attached hydrogens (tertiary/aromatic N) is 2. The zero-order valence-corrected chi connectivity index (χ0v) is 16.8. The smallest absolute Gasteiger partial charge is 0.257 e. The number of hydrogen-bond acceptors (Lipinski definition) is 4. The highest BCUT2D eigenvalue weighted by molar-refractivity contribution is 7.89. The van der Waals surface area contributed by atoms with E-state index in [0.29, 0.717) is 17.9 Å². The van der Waals surface area contributed by atoms with Crippen molar-refractivity contribution in [3.63, 3.8) is 0 Å². The number of para-hydroxylation sites is 1. The van der Waals surface area contributed by atoms with E-state index in [1.165, 1.54) is 10.4 Å². The Balaban J connectivity index is 1.72. The number of piperazine rings is 1. The summed E-state index contributed by atoms with van der Waals surface area (Å²) < 4.78 is 45.6. The fraction of sp³-hybridized carbons (Fsp3) is 0.316. The van der Waals surface area contributed by atoms with Gasteiger partial charge in [-0.1, -0.05) is 23.7 Å². The second-order valence-corrected chi connectivity index (χ2v) is 8.55. The molecule has 0 aromatic heterocycles. The molecule has 0 bridgehead atoms. The molecule has 1 heterocycles. The van der Waals surface area contributed by atoms with Crippen LogP contribution in [0.1, 0.15) is 17.3 Å². The molecule has 1 amide bonds. The minimum absolute atomic E-state index is 0.0691. The average Bonchev–Trinajstić information content (AvgIpc) is 2.70. The number of benzene rings is 2. The summed E-state index contributed by atoms with van der Waals surface area (Å²) in [5, 5.41) is -0.248. The van der Waals surface area contributed by atoms with Crippen molar-refractivity contribution in [3.05, 3.63) is 58.9 Å². The van der Waals surface area contributed by atoms with Gasteiger partial charge in [0.2, 0.25) is 10.0 Å². The van der Waals surface area contributed by atoms with Gasteiger partial charge in [-0.25, -0.2) is 12.8 Å². The summed E-state index contributed by atoms with van der Waals surface area (Å²) in [4.78, 5) is 14.4. The number of carbonyl (C=O) groups is 1. The zero-order valence-electron chi connectivity index (χ0n) is 15.3. The Bertz CT molecular complexity index is 976. The summed E-state index contributed by atoms with van der Waals surface area (Å²) in [6.45, 7) is 3.05. The molecule has 3 rings (SSSR count). The van der Waals surface area contributed by atoms with Crippen LogP contribution in [-0.2, 0) is 10.0 Å². The van der Waals surface area contributed by atoms with Gasteiger partial charge in [-0.15, -0.1) is 0 Å². The fourth-order valence-corrected chi connectivity index (χ4v) is 4.71. The molecule has 6 nitrogen and oxygen atoms in total. The normalized spacial score (nSPS) is 15.5. The van der Waals surface area contributed by atoms with Gasteiger partial charge >= 0.3 is 0 Å². The molecule has 1 aliphatic rings. The lowest BCUT2D eigenvalue weighted by Gasteiger charge is -2.34. The summed E-state index contributed by atoms with van der Waals surface area (Å²) in [6, 6.07) is 10.3. The molecule has 1 fully saturated rings. The van der Waals surface area contributed by atoms with Crippen molar-refractivity contribution in [2.45, 2.75) is 11.8 Å². The van der Waals surface area contributed by atoms with Gasteiger partial charge in [-0.05, 0) is 37.3 Å². The molecule has 0 spiro atoms. The van der Waals surface area contributed by atoms with Crippen molar-refractivity contribution in [2.75, 3.05) is 32.8 Å². The third kappa shape index (κ3) is 4.14. The van der Waals surface area contributed by atoms with E-state index >= 15 is 0 Å². The van der Waals surface area contributed by atoms with E-state index in [4.69, 9.17) is 16.3 Å². The van der Waals surface area contributed by atoms with Crippen LogP contribution in [0.15, 0.2) is 47.4 Å². The van der Waals surface area contributed by atoms with Crippen molar-refractivity contribution in [1.29, 1.82) is 0 Å². The van der Waals surface area contributed by atoms with Crippen LogP contribution >= 0.6 is 11.6 Å². The number of rotatable bonds is 5.